The van der Waals surface area contributed by atoms with Gasteiger partial charge in [-0.1, -0.05) is 18.2 Å². The number of halogens is 1. The summed E-state index contributed by atoms with van der Waals surface area (Å²) in [6, 6.07) is 8.22. The molecule has 0 saturated carbocycles. The van der Waals surface area contributed by atoms with Gasteiger partial charge >= 0.3 is 0 Å². The molecule has 3 heteroatoms. The van der Waals surface area contributed by atoms with Crippen molar-refractivity contribution in [3.05, 3.63) is 28.0 Å². The number of fused-ring (bicyclic) bond motifs is 1. The summed E-state index contributed by atoms with van der Waals surface area (Å²) in [5, 5.41) is 5.53. The van der Waals surface area contributed by atoms with Gasteiger partial charge in [0.2, 0.25) is 0 Å². The van der Waals surface area contributed by atoms with Crippen LogP contribution in [-0.4, -0.2) is 9.78 Å². The van der Waals surface area contributed by atoms with Crippen molar-refractivity contribution in [1.29, 1.82) is 0 Å². The molecule has 0 aliphatic heterocycles. The van der Waals surface area contributed by atoms with E-state index in [1.54, 1.807) is 0 Å². The van der Waals surface area contributed by atoms with Crippen molar-refractivity contribution in [2.24, 2.45) is 7.05 Å². The number of benzene rings is 1. The Morgan fingerprint density at radius 3 is 2.82 bits per heavy atom. The molecule has 0 atom stereocenters. The average Bonchev–Trinajstić information content (AvgIpc) is 2.30. The largest absolute Gasteiger partial charge is 0.267 e. The summed E-state index contributed by atoms with van der Waals surface area (Å²) in [4.78, 5) is 0. The van der Waals surface area contributed by atoms with Gasteiger partial charge < -0.3 is 0 Å². The monoisotopic (exact) mass is 258 g/mol. The van der Waals surface area contributed by atoms with Gasteiger partial charge in [-0.05, 0) is 28.7 Å². The first kappa shape index (κ1) is 7.09. The zero-order valence-corrected chi connectivity index (χ0v) is 8.24. The molecule has 2 aromatic rings. The maximum absolute atomic E-state index is 4.29. The molecule has 56 valence electrons. The molecule has 1 aromatic carbocycles. The minimum absolute atomic E-state index is 1.07. The van der Waals surface area contributed by atoms with Crippen LogP contribution in [0.2, 0.25) is 0 Å². The molecule has 2 nitrogen and oxygen atoms in total. The Kier molecular flexibility index (Phi) is 1.60. The second-order valence-electron chi connectivity index (χ2n) is 2.43. The minimum Gasteiger partial charge on any atom is -0.267 e. The normalized spacial score (nSPS) is 10.7. The van der Waals surface area contributed by atoms with Crippen LogP contribution in [0.5, 0.6) is 0 Å². The van der Waals surface area contributed by atoms with Crippen LogP contribution in [0.1, 0.15) is 0 Å². The summed E-state index contributed by atoms with van der Waals surface area (Å²) in [6.07, 6.45) is 0. The Balaban J connectivity index is 2.95. The molecular formula is C8H7IN2. The molecule has 0 saturated heterocycles. The van der Waals surface area contributed by atoms with Crippen molar-refractivity contribution in [1.82, 2.24) is 9.78 Å². The topological polar surface area (TPSA) is 17.8 Å². The molecule has 1 aromatic heterocycles. The fourth-order valence-electron chi connectivity index (χ4n) is 1.17. The molecule has 0 amide bonds. The van der Waals surface area contributed by atoms with Crippen LogP contribution in [0.3, 0.4) is 0 Å². The molecule has 11 heavy (non-hydrogen) atoms. The van der Waals surface area contributed by atoms with Crippen molar-refractivity contribution in [2.45, 2.75) is 0 Å². The average molecular weight is 258 g/mol. The third-order valence-electron chi connectivity index (χ3n) is 1.71. The Bertz CT molecular complexity index is 356. The van der Waals surface area contributed by atoms with Gasteiger partial charge in [-0.2, -0.15) is 5.10 Å². The van der Waals surface area contributed by atoms with E-state index in [0.29, 0.717) is 0 Å². The highest BCUT2D eigenvalue weighted by atomic mass is 127. The van der Waals surface area contributed by atoms with E-state index in [1.807, 2.05) is 23.9 Å². The third kappa shape index (κ3) is 1.03. The highest BCUT2D eigenvalue weighted by Gasteiger charge is 2.02. The lowest BCUT2D eigenvalue weighted by Crippen LogP contribution is -1.88. The second-order valence-corrected chi connectivity index (χ2v) is 3.45. The Hall–Kier alpha value is -0.580. The number of hydrogen-bond donors (Lipinski definition) is 0. The first-order valence-corrected chi connectivity index (χ1v) is 4.44. The lowest BCUT2D eigenvalue weighted by molar-refractivity contribution is 0.787. The van der Waals surface area contributed by atoms with Gasteiger partial charge in [0.05, 0.1) is 5.52 Å². The molecule has 2 rings (SSSR count). The Morgan fingerprint density at radius 2 is 2.09 bits per heavy atom. The quantitative estimate of drug-likeness (QED) is 0.662. The lowest BCUT2D eigenvalue weighted by Gasteiger charge is -1.89. The smallest absolute Gasteiger partial charge is 0.131 e. The first-order valence-electron chi connectivity index (χ1n) is 3.36. The number of hydrogen-bond acceptors (Lipinski definition) is 1. The van der Waals surface area contributed by atoms with E-state index < -0.39 is 0 Å². The standard InChI is InChI=1S/C8H7IN2/c1-11-7-5-3-2-4-6(7)8(9)10-11/h2-5H,1H3. The molecule has 0 aliphatic rings. The van der Waals surface area contributed by atoms with Crippen molar-refractivity contribution in [3.8, 4) is 0 Å². The van der Waals surface area contributed by atoms with Crippen molar-refractivity contribution in [2.75, 3.05) is 0 Å². The minimum atomic E-state index is 1.07. The van der Waals surface area contributed by atoms with Crippen LogP contribution in [0.15, 0.2) is 24.3 Å². The van der Waals surface area contributed by atoms with Crippen LogP contribution in [0.4, 0.5) is 0 Å². The van der Waals surface area contributed by atoms with Crippen molar-refractivity contribution >= 4 is 33.5 Å². The molecular weight excluding hydrogens is 251 g/mol. The predicted molar refractivity (Wildman–Crippen MR) is 53.4 cm³/mol. The SMILES string of the molecule is Cn1nc(I)c2ccccc21. The van der Waals surface area contributed by atoms with E-state index in [9.17, 15) is 0 Å². The maximum atomic E-state index is 4.29. The molecule has 0 spiro atoms. The summed E-state index contributed by atoms with van der Waals surface area (Å²) in [5.41, 5.74) is 1.19. The zero-order valence-electron chi connectivity index (χ0n) is 6.08. The van der Waals surface area contributed by atoms with E-state index >= 15 is 0 Å². The molecule has 0 radical (unpaired) electrons. The highest BCUT2D eigenvalue weighted by Crippen LogP contribution is 2.18. The molecule has 0 unspecified atom stereocenters. The van der Waals surface area contributed by atoms with Gasteiger partial charge in [0.1, 0.15) is 3.70 Å². The zero-order chi connectivity index (χ0) is 7.84. The number of rotatable bonds is 0. The van der Waals surface area contributed by atoms with E-state index in [2.05, 4.69) is 39.8 Å². The number of nitrogens with zero attached hydrogens (tertiary/aromatic N) is 2. The van der Waals surface area contributed by atoms with Crippen LogP contribution in [0, 0.1) is 3.70 Å². The first-order chi connectivity index (χ1) is 5.29. The fourth-order valence-corrected chi connectivity index (χ4v) is 1.95. The molecule has 0 bridgehead atoms. The van der Waals surface area contributed by atoms with Gasteiger partial charge in [-0.25, -0.2) is 0 Å². The predicted octanol–water partition coefficient (Wildman–Crippen LogP) is 2.18. The van der Waals surface area contributed by atoms with Gasteiger partial charge in [0.15, 0.2) is 0 Å². The van der Waals surface area contributed by atoms with E-state index in [1.165, 1.54) is 10.9 Å². The third-order valence-corrected chi connectivity index (χ3v) is 2.51. The van der Waals surface area contributed by atoms with Crippen molar-refractivity contribution < 1.29 is 0 Å². The molecule has 0 fully saturated rings. The van der Waals surface area contributed by atoms with Crippen LogP contribution < -0.4 is 0 Å². The second kappa shape index (κ2) is 2.48. The van der Waals surface area contributed by atoms with E-state index in [0.717, 1.165) is 3.70 Å². The van der Waals surface area contributed by atoms with Gasteiger partial charge in [0, 0.05) is 12.4 Å². The maximum Gasteiger partial charge on any atom is 0.131 e. The lowest BCUT2D eigenvalue weighted by atomic mass is 10.3. The van der Waals surface area contributed by atoms with Crippen LogP contribution in [-0.2, 0) is 7.05 Å². The summed E-state index contributed by atoms with van der Waals surface area (Å²) in [6.45, 7) is 0. The van der Waals surface area contributed by atoms with Crippen molar-refractivity contribution in [3.63, 3.8) is 0 Å². The van der Waals surface area contributed by atoms with E-state index in [-0.39, 0.29) is 0 Å². The summed E-state index contributed by atoms with van der Waals surface area (Å²) < 4.78 is 2.97. The molecule has 0 aliphatic carbocycles. The van der Waals surface area contributed by atoms with Gasteiger partial charge in [-0.3, -0.25) is 4.68 Å². The summed E-state index contributed by atoms with van der Waals surface area (Å²) in [5.74, 6) is 0. The Morgan fingerprint density at radius 1 is 1.36 bits per heavy atom. The summed E-state index contributed by atoms with van der Waals surface area (Å²) in [7, 11) is 1.96. The molecule has 0 N–H and O–H groups in total. The number of para-hydroxylation sites is 1. The summed E-state index contributed by atoms with van der Waals surface area (Å²) >= 11 is 2.25. The molecule has 1 heterocycles. The van der Waals surface area contributed by atoms with E-state index in [4.69, 9.17) is 0 Å². The van der Waals surface area contributed by atoms with Gasteiger partial charge in [0.25, 0.3) is 0 Å². The number of aromatic nitrogens is 2. The fraction of sp³-hybridized carbons (Fsp3) is 0.125. The highest BCUT2D eigenvalue weighted by molar-refractivity contribution is 14.1. The van der Waals surface area contributed by atoms with Crippen LogP contribution >= 0.6 is 22.6 Å². The number of aryl methyl sites for hydroxylation is 1. The van der Waals surface area contributed by atoms with Gasteiger partial charge in [-0.15, -0.1) is 0 Å². The Labute approximate surface area is 78.3 Å². The van der Waals surface area contributed by atoms with Crippen LogP contribution in [0.25, 0.3) is 10.9 Å².